The van der Waals surface area contributed by atoms with Gasteiger partial charge in [0.1, 0.15) is 0 Å². The van der Waals surface area contributed by atoms with Crippen LogP contribution in [0.15, 0.2) is 0 Å². The van der Waals surface area contributed by atoms with Gasteiger partial charge in [0.25, 0.3) is 0 Å². The molecule has 0 rings (SSSR count). The van der Waals surface area contributed by atoms with Crippen LogP contribution in [0.1, 0.15) is 1.43 Å². The van der Waals surface area contributed by atoms with E-state index in [2.05, 4.69) is 4.94 Å². The van der Waals surface area contributed by atoms with E-state index in [9.17, 15) is 14.1 Å². The average Bonchev–Trinajstić information content (AvgIpc) is 1.85. The van der Waals surface area contributed by atoms with Gasteiger partial charge < -0.3 is 21.6 Å². The normalized spacial score (nSPS) is 6.67. The Hall–Kier alpha value is -0.588. The maximum Gasteiger partial charge on any atom is 1.00 e. The Kier molecular flexibility index (Phi) is 15.2. The zero-order valence-corrected chi connectivity index (χ0v) is 5.97. The largest absolute Gasteiger partial charge is 1.00 e. The predicted molar refractivity (Wildman–Crippen MR) is 28.4 cm³/mol. The molecule has 0 bridgehead atoms. The third kappa shape index (κ3) is 22.7. The van der Waals surface area contributed by atoms with Gasteiger partial charge in [-0.15, -0.1) is 0 Å². The van der Waals surface area contributed by atoms with Crippen LogP contribution in [-0.4, -0.2) is 39.4 Å². The molecule has 0 saturated carbocycles. The van der Waals surface area contributed by atoms with Crippen molar-refractivity contribution in [3.8, 4) is 0 Å². The van der Waals surface area contributed by atoms with Crippen molar-refractivity contribution >= 4 is 19.3 Å². The van der Waals surface area contributed by atoms with E-state index in [0.717, 1.165) is 0 Å². The summed E-state index contributed by atoms with van der Waals surface area (Å²) < 4.78 is 10.4. The maximum absolute atomic E-state index is 10.4. The maximum atomic E-state index is 10.4. The van der Waals surface area contributed by atoms with Gasteiger partial charge in [0.05, 0.1) is 0 Å². The Labute approximate surface area is 79.5 Å². The molecule has 7 nitrogen and oxygen atoms in total. The summed E-state index contributed by atoms with van der Waals surface area (Å²) in [6.07, 6.45) is 0. The van der Waals surface area contributed by atoms with Crippen molar-refractivity contribution in [2.75, 3.05) is 0 Å². The van der Waals surface area contributed by atoms with Crippen LogP contribution in [0.5, 0.6) is 0 Å². The molecule has 0 aliphatic carbocycles. The van der Waals surface area contributed by atoms with Crippen molar-refractivity contribution in [3.05, 3.63) is 0 Å². The minimum atomic E-state index is -2.17. The fourth-order valence-electron chi connectivity index (χ4n) is 0.0330. The van der Waals surface area contributed by atoms with Crippen LogP contribution in [0.4, 0.5) is 4.53 Å². The number of rotatable bonds is 0. The second kappa shape index (κ2) is 10.4. The summed E-state index contributed by atoms with van der Waals surface area (Å²) in [6.45, 7) is 0. The van der Waals surface area contributed by atoms with E-state index in [1.54, 1.807) is 0 Å². The first-order valence-electron chi connectivity index (χ1n) is 2.01. The van der Waals surface area contributed by atoms with Gasteiger partial charge in [0.15, 0.2) is 0 Å². The van der Waals surface area contributed by atoms with E-state index < -0.39 is 19.3 Å². The first-order valence-corrected chi connectivity index (χ1v) is 2.01. The molecule has 0 fully saturated rings. The van der Waals surface area contributed by atoms with Crippen molar-refractivity contribution in [1.82, 2.24) is 0 Å². The fraction of sp³-hybridized carbons (Fsp3) is 0. The van der Waals surface area contributed by atoms with Gasteiger partial charge in [-0.05, 0) is 0 Å². The molecule has 4 N–H and O–H groups in total. The number of aliphatic carboxylic acids is 1. The number of carbonyl (C=O) groups excluding carboxylic acids is 1. The van der Waals surface area contributed by atoms with Crippen molar-refractivity contribution in [1.29, 1.82) is 0 Å². The molecule has 0 aromatic rings. The van der Waals surface area contributed by atoms with Crippen molar-refractivity contribution in [2.24, 2.45) is 0 Å². The van der Waals surface area contributed by atoms with Gasteiger partial charge in [0.2, 0.25) is 0 Å². The van der Waals surface area contributed by atoms with Gasteiger partial charge in [-0.3, -0.25) is 0 Å². The molecular formula is C2H5BFLiO7. The van der Waals surface area contributed by atoms with Gasteiger partial charge >= 0.3 is 38.1 Å². The summed E-state index contributed by atoms with van der Waals surface area (Å²) in [6, 6.07) is 0. The molecule has 0 aliphatic heterocycles. The average molecular weight is 178 g/mol. The molecule has 0 aromatic carbocycles. The Morgan fingerprint density at radius 1 is 1.33 bits per heavy atom. The topological polar surface area (TPSA) is 124 Å². The summed E-state index contributed by atoms with van der Waals surface area (Å²) in [5.74, 6) is -3.84. The standard InChI is InChI=1S/C2HFO4.BH3O3.Li.H/c3-7-2(6)1(4)5;2-1(3)4;;/h(H,4,5);2-4H;;/q;;+1;-1. The first-order chi connectivity index (χ1) is 4.91. The van der Waals surface area contributed by atoms with Crippen LogP contribution in [-0.2, 0) is 14.5 Å². The molecule has 0 aliphatic rings. The third-order valence-electron chi connectivity index (χ3n) is 0.245. The number of hydrogen-bond donors (Lipinski definition) is 4. The first kappa shape index (κ1) is 17.5. The summed E-state index contributed by atoms with van der Waals surface area (Å²) >= 11 is 0. The molecule has 0 unspecified atom stereocenters. The van der Waals surface area contributed by atoms with Crippen molar-refractivity contribution in [2.45, 2.75) is 0 Å². The molecule has 0 radical (unpaired) electrons. The predicted octanol–water partition coefficient (Wildman–Crippen LogP) is -5.44. The zero-order chi connectivity index (χ0) is 9.44. The Bertz CT molecular complexity index is 142. The molecule has 66 valence electrons. The van der Waals surface area contributed by atoms with E-state index in [1.807, 2.05) is 0 Å². The number of halogens is 1. The van der Waals surface area contributed by atoms with Crippen molar-refractivity contribution in [3.63, 3.8) is 0 Å². The van der Waals surface area contributed by atoms with E-state index in [4.69, 9.17) is 20.2 Å². The molecule has 0 saturated heterocycles. The smallest absolute Gasteiger partial charge is 1.00 e. The number of hydrogen-bond acceptors (Lipinski definition) is 6. The van der Waals surface area contributed by atoms with Crippen LogP contribution in [0.25, 0.3) is 0 Å². The summed E-state index contributed by atoms with van der Waals surface area (Å²) in [7, 11) is -2.17. The zero-order valence-electron chi connectivity index (χ0n) is 6.97. The Morgan fingerprint density at radius 2 is 1.58 bits per heavy atom. The van der Waals surface area contributed by atoms with Gasteiger partial charge in [-0.2, -0.15) is 0 Å². The van der Waals surface area contributed by atoms with Crippen LogP contribution >= 0.6 is 0 Å². The Balaban J connectivity index is -0.0000000600. The number of carboxylic acid groups (broad SMARTS) is 1. The third-order valence-corrected chi connectivity index (χ3v) is 0.245. The van der Waals surface area contributed by atoms with Gasteiger partial charge in [-0.1, -0.05) is 0 Å². The van der Waals surface area contributed by atoms with Gasteiger partial charge in [-0.25, -0.2) is 14.5 Å². The monoisotopic (exact) mass is 178 g/mol. The quantitative estimate of drug-likeness (QED) is 0.215. The second-order valence-corrected chi connectivity index (χ2v) is 1.02. The minimum absolute atomic E-state index is 0. The SMILES string of the molecule is O=C(O)C(=O)OF.OB(O)O.[H-].[Li+]. The molecule has 12 heavy (non-hydrogen) atoms. The molecule has 0 amide bonds. The number of carboxylic acids is 1. The van der Waals surface area contributed by atoms with Crippen LogP contribution in [0.2, 0.25) is 0 Å². The number of carbonyl (C=O) groups is 2. The fourth-order valence-corrected chi connectivity index (χ4v) is 0.0330. The minimum Gasteiger partial charge on any atom is -1.00 e. The molecule has 0 heterocycles. The van der Waals surface area contributed by atoms with Crippen LogP contribution in [0.3, 0.4) is 0 Å². The van der Waals surface area contributed by atoms with E-state index in [0.29, 0.717) is 0 Å². The second-order valence-electron chi connectivity index (χ2n) is 1.02. The van der Waals surface area contributed by atoms with E-state index >= 15 is 0 Å². The van der Waals surface area contributed by atoms with Crippen LogP contribution in [0, 0.1) is 0 Å². The van der Waals surface area contributed by atoms with E-state index in [1.165, 1.54) is 0 Å². The molecule has 0 spiro atoms. The van der Waals surface area contributed by atoms with Crippen molar-refractivity contribution < 1.29 is 59.5 Å². The van der Waals surface area contributed by atoms with E-state index in [-0.39, 0.29) is 20.3 Å². The molecular weight excluding hydrogens is 173 g/mol. The van der Waals surface area contributed by atoms with Crippen LogP contribution < -0.4 is 18.9 Å². The van der Waals surface area contributed by atoms with Gasteiger partial charge in [0, 0.05) is 4.53 Å². The molecule has 0 aromatic heterocycles. The summed E-state index contributed by atoms with van der Waals surface area (Å²) in [5.41, 5.74) is 0. The summed E-state index contributed by atoms with van der Waals surface area (Å²) in [5, 5.41) is 29.0. The summed E-state index contributed by atoms with van der Waals surface area (Å²) in [4.78, 5) is 20.8. The molecule has 0 atom stereocenters. The Morgan fingerprint density at radius 3 is 1.58 bits per heavy atom. The molecule has 10 heteroatoms.